The molecule has 0 atom stereocenters. The van der Waals surface area contributed by atoms with Crippen molar-refractivity contribution in [3.05, 3.63) is 84.1 Å². The zero-order chi connectivity index (χ0) is 17.8. The molecule has 0 saturated heterocycles. The molecule has 5 nitrogen and oxygen atoms in total. The van der Waals surface area contributed by atoms with Crippen LogP contribution in [0.15, 0.2) is 77.4 Å². The molecule has 0 aliphatic carbocycles. The van der Waals surface area contributed by atoms with Crippen molar-refractivity contribution in [1.82, 2.24) is 15.1 Å². The molecule has 0 amide bonds. The van der Waals surface area contributed by atoms with Crippen LogP contribution in [0.4, 0.5) is 5.82 Å². The lowest BCUT2D eigenvalue weighted by Gasteiger charge is -2.05. The second-order valence-electron chi connectivity index (χ2n) is 6.06. The molecule has 0 spiro atoms. The highest BCUT2D eigenvalue weighted by molar-refractivity contribution is 5.60. The van der Waals surface area contributed by atoms with E-state index in [2.05, 4.69) is 32.6 Å². The van der Waals surface area contributed by atoms with Gasteiger partial charge in [0.1, 0.15) is 5.82 Å². The number of aromatic nitrogens is 3. The van der Waals surface area contributed by atoms with Crippen LogP contribution in [0.5, 0.6) is 0 Å². The van der Waals surface area contributed by atoms with Crippen molar-refractivity contribution in [3.63, 3.8) is 0 Å². The van der Waals surface area contributed by atoms with Gasteiger partial charge in [0.2, 0.25) is 5.82 Å². The Morgan fingerprint density at radius 1 is 0.885 bits per heavy atom. The molecule has 4 rings (SSSR count). The van der Waals surface area contributed by atoms with Gasteiger partial charge in [0, 0.05) is 18.3 Å². The van der Waals surface area contributed by atoms with Crippen LogP contribution in [-0.2, 0) is 6.54 Å². The van der Waals surface area contributed by atoms with Crippen molar-refractivity contribution in [2.45, 2.75) is 13.5 Å². The minimum absolute atomic E-state index is 0.461. The summed E-state index contributed by atoms with van der Waals surface area (Å²) >= 11 is 0. The molecule has 1 N–H and O–H groups in total. The van der Waals surface area contributed by atoms with Crippen LogP contribution in [0.3, 0.4) is 0 Å². The second-order valence-corrected chi connectivity index (χ2v) is 6.06. The summed E-state index contributed by atoms with van der Waals surface area (Å²) in [4.78, 5) is 8.89. The molecule has 0 aliphatic heterocycles. The lowest BCUT2D eigenvalue weighted by Crippen LogP contribution is -2.00. The fourth-order valence-corrected chi connectivity index (χ4v) is 2.57. The molecule has 0 aliphatic rings. The smallest absolute Gasteiger partial charge is 0.259 e. The summed E-state index contributed by atoms with van der Waals surface area (Å²) in [5.74, 6) is 1.84. The van der Waals surface area contributed by atoms with E-state index in [4.69, 9.17) is 4.52 Å². The van der Waals surface area contributed by atoms with Crippen LogP contribution in [0.1, 0.15) is 11.1 Å². The van der Waals surface area contributed by atoms with E-state index >= 15 is 0 Å². The molecule has 128 valence electrons. The number of rotatable bonds is 5. The molecular formula is C21H18N4O. The Balaban J connectivity index is 1.46. The first-order valence-corrected chi connectivity index (χ1v) is 8.43. The second kappa shape index (κ2) is 7.19. The monoisotopic (exact) mass is 342 g/mol. The first-order chi connectivity index (χ1) is 12.8. The number of anilines is 1. The maximum absolute atomic E-state index is 5.38. The topological polar surface area (TPSA) is 63.8 Å². The molecular weight excluding hydrogens is 324 g/mol. The van der Waals surface area contributed by atoms with Gasteiger partial charge >= 0.3 is 0 Å². The number of hydrogen-bond acceptors (Lipinski definition) is 5. The highest BCUT2D eigenvalue weighted by atomic mass is 16.5. The number of pyridine rings is 1. The molecule has 5 heteroatoms. The van der Waals surface area contributed by atoms with Gasteiger partial charge in [-0.3, -0.25) is 0 Å². The van der Waals surface area contributed by atoms with Crippen LogP contribution in [0.25, 0.3) is 22.8 Å². The maximum Gasteiger partial charge on any atom is 0.259 e. The largest absolute Gasteiger partial charge is 0.366 e. The Hall–Kier alpha value is -3.47. The van der Waals surface area contributed by atoms with Gasteiger partial charge in [-0.25, -0.2) is 4.98 Å². The molecule has 2 aromatic carbocycles. The molecule has 2 heterocycles. The van der Waals surface area contributed by atoms with Gasteiger partial charge in [0.15, 0.2) is 0 Å². The number of benzene rings is 2. The predicted octanol–water partition coefficient (Wildman–Crippen LogP) is 4.72. The van der Waals surface area contributed by atoms with Gasteiger partial charge in [-0.2, -0.15) is 4.98 Å². The van der Waals surface area contributed by atoms with E-state index in [1.807, 2.05) is 61.5 Å². The highest BCUT2D eigenvalue weighted by Crippen LogP contribution is 2.22. The van der Waals surface area contributed by atoms with Gasteiger partial charge < -0.3 is 9.84 Å². The first-order valence-electron chi connectivity index (χ1n) is 8.43. The molecule has 26 heavy (non-hydrogen) atoms. The van der Waals surface area contributed by atoms with Crippen molar-refractivity contribution >= 4 is 5.82 Å². The number of nitrogens with one attached hydrogen (secondary N) is 1. The zero-order valence-electron chi connectivity index (χ0n) is 14.4. The van der Waals surface area contributed by atoms with E-state index in [1.54, 1.807) is 6.20 Å². The number of hydrogen-bond donors (Lipinski definition) is 1. The van der Waals surface area contributed by atoms with Gasteiger partial charge in [-0.15, -0.1) is 0 Å². The fourth-order valence-electron chi connectivity index (χ4n) is 2.57. The Labute approximate surface area is 151 Å². The molecule has 0 saturated carbocycles. The third kappa shape index (κ3) is 3.62. The average molecular weight is 342 g/mol. The van der Waals surface area contributed by atoms with Gasteiger partial charge in [-0.05, 0) is 24.6 Å². The molecule has 4 aromatic rings. The molecule has 0 radical (unpaired) electrons. The Morgan fingerprint density at radius 2 is 1.65 bits per heavy atom. The standard InChI is InChI=1S/C21H18N4O/c1-15-7-9-17(10-8-15)20-24-21(26-25-20)18-11-12-19(23-14-18)22-13-16-5-3-2-4-6-16/h2-12,14H,13H2,1H3,(H,22,23). The average Bonchev–Trinajstić information content (AvgIpc) is 3.18. The van der Waals surface area contributed by atoms with Crippen molar-refractivity contribution in [2.24, 2.45) is 0 Å². The van der Waals surface area contributed by atoms with E-state index in [9.17, 15) is 0 Å². The van der Waals surface area contributed by atoms with Crippen molar-refractivity contribution in [3.8, 4) is 22.8 Å². The van der Waals surface area contributed by atoms with Crippen LogP contribution in [0.2, 0.25) is 0 Å². The third-order valence-corrected chi connectivity index (χ3v) is 4.06. The van der Waals surface area contributed by atoms with Crippen molar-refractivity contribution < 1.29 is 4.52 Å². The van der Waals surface area contributed by atoms with Gasteiger partial charge in [-0.1, -0.05) is 65.3 Å². The van der Waals surface area contributed by atoms with Crippen molar-refractivity contribution in [1.29, 1.82) is 0 Å². The van der Waals surface area contributed by atoms with E-state index in [-0.39, 0.29) is 0 Å². The molecule has 0 fully saturated rings. The van der Waals surface area contributed by atoms with Gasteiger partial charge in [0.25, 0.3) is 5.89 Å². The summed E-state index contributed by atoms with van der Waals surface area (Å²) in [7, 11) is 0. The molecule has 0 unspecified atom stereocenters. The summed E-state index contributed by atoms with van der Waals surface area (Å²) in [6.07, 6.45) is 1.74. The summed E-state index contributed by atoms with van der Waals surface area (Å²) < 4.78 is 5.38. The van der Waals surface area contributed by atoms with E-state index < -0.39 is 0 Å². The Bertz CT molecular complexity index is 977. The lowest BCUT2D eigenvalue weighted by molar-refractivity contribution is 0.432. The first kappa shape index (κ1) is 16.0. The summed E-state index contributed by atoms with van der Waals surface area (Å²) in [6.45, 7) is 2.77. The van der Waals surface area contributed by atoms with Gasteiger partial charge in [0.05, 0.1) is 5.56 Å². The molecule has 0 bridgehead atoms. The quantitative estimate of drug-likeness (QED) is 0.568. The normalized spacial score (nSPS) is 10.7. The maximum atomic E-state index is 5.38. The van der Waals surface area contributed by atoms with Crippen LogP contribution >= 0.6 is 0 Å². The van der Waals surface area contributed by atoms with E-state index in [1.165, 1.54) is 11.1 Å². The third-order valence-electron chi connectivity index (χ3n) is 4.06. The number of nitrogens with zero attached hydrogens (tertiary/aromatic N) is 3. The number of aryl methyl sites for hydroxylation is 1. The van der Waals surface area contributed by atoms with Crippen LogP contribution in [-0.4, -0.2) is 15.1 Å². The SMILES string of the molecule is Cc1ccc(-c2noc(-c3ccc(NCc4ccccc4)nc3)n2)cc1. The lowest BCUT2D eigenvalue weighted by atomic mass is 10.1. The Morgan fingerprint density at radius 3 is 2.38 bits per heavy atom. The van der Waals surface area contributed by atoms with Crippen LogP contribution in [0, 0.1) is 6.92 Å². The predicted molar refractivity (Wildman–Crippen MR) is 101 cm³/mol. The Kier molecular flexibility index (Phi) is 4.43. The van der Waals surface area contributed by atoms with Crippen LogP contribution < -0.4 is 5.32 Å². The fraction of sp³-hybridized carbons (Fsp3) is 0.0952. The zero-order valence-corrected chi connectivity index (χ0v) is 14.4. The minimum atomic E-state index is 0.461. The van der Waals surface area contributed by atoms with E-state index in [0.29, 0.717) is 11.7 Å². The van der Waals surface area contributed by atoms with Crippen molar-refractivity contribution in [2.75, 3.05) is 5.32 Å². The summed E-state index contributed by atoms with van der Waals surface area (Å²) in [6, 6.07) is 22.1. The highest BCUT2D eigenvalue weighted by Gasteiger charge is 2.11. The molecule has 2 aromatic heterocycles. The summed E-state index contributed by atoms with van der Waals surface area (Å²) in [5.41, 5.74) is 4.12. The summed E-state index contributed by atoms with van der Waals surface area (Å²) in [5, 5.41) is 7.36. The van der Waals surface area contributed by atoms with E-state index in [0.717, 1.165) is 23.5 Å². The minimum Gasteiger partial charge on any atom is -0.366 e.